The molecule has 0 saturated heterocycles. The third kappa shape index (κ3) is 1.58. The van der Waals surface area contributed by atoms with E-state index in [9.17, 15) is 19.7 Å². The summed E-state index contributed by atoms with van der Waals surface area (Å²) in [4.78, 5) is 34.1. The lowest BCUT2D eigenvalue weighted by molar-refractivity contribution is -0.385. The predicted octanol–water partition coefficient (Wildman–Crippen LogP) is 1.64. The van der Waals surface area contributed by atoms with Crippen molar-refractivity contribution in [2.45, 2.75) is 0 Å². The largest absolute Gasteiger partial charge is 0.384 e. The molecule has 18 heavy (non-hydrogen) atoms. The minimum absolute atomic E-state index is 0.0112. The number of Topliss-reactive ketones (excluding diaryl/α,β-unsaturated/α-hetero) is 2. The lowest BCUT2D eigenvalue weighted by Gasteiger charge is -2.16. The van der Waals surface area contributed by atoms with Crippen LogP contribution in [0.2, 0.25) is 0 Å². The third-order valence-electron chi connectivity index (χ3n) is 2.61. The number of halogens is 1. The zero-order valence-electron chi connectivity index (χ0n) is 9.19. The molecule has 0 aromatic heterocycles. The standard InChI is InChI=1S/C11H7ClN2O4/c1-13-9-8(12)11(16)7-5(10(9)15)3-2-4-6(7)14(17)18/h2-4,13H,1H3. The van der Waals surface area contributed by atoms with E-state index >= 15 is 0 Å². The van der Waals surface area contributed by atoms with Gasteiger partial charge in [-0.05, 0) is 6.07 Å². The van der Waals surface area contributed by atoms with Crippen LogP contribution in [0, 0.1) is 10.1 Å². The van der Waals surface area contributed by atoms with Gasteiger partial charge in [0.15, 0.2) is 0 Å². The average Bonchev–Trinajstić information content (AvgIpc) is 2.36. The van der Waals surface area contributed by atoms with E-state index in [2.05, 4.69) is 5.32 Å². The number of likely N-dealkylation sites (N-methyl/N-ethyl adjacent to an activating group) is 1. The predicted molar refractivity (Wildman–Crippen MR) is 63.7 cm³/mol. The summed E-state index contributed by atoms with van der Waals surface area (Å²) in [5.41, 5.74) is -0.728. The van der Waals surface area contributed by atoms with Crippen LogP contribution in [0.25, 0.3) is 0 Å². The molecule has 0 saturated carbocycles. The van der Waals surface area contributed by atoms with Gasteiger partial charge < -0.3 is 5.32 Å². The highest BCUT2D eigenvalue weighted by Crippen LogP contribution is 2.32. The van der Waals surface area contributed by atoms with Gasteiger partial charge in [0, 0.05) is 18.7 Å². The van der Waals surface area contributed by atoms with E-state index in [4.69, 9.17) is 11.6 Å². The van der Waals surface area contributed by atoms with Crippen molar-refractivity contribution in [1.82, 2.24) is 5.32 Å². The maximum Gasteiger partial charge on any atom is 0.281 e. The Hall–Kier alpha value is -2.21. The van der Waals surface area contributed by atoms with E-state index in [-0.39, 0.29) is 21.9 Å². The second kappa shape index (κ2) is 4.23. The molecule has 1 aliphatic carbocycles. The van der Waals surface area contributed by atoms with Crippen molar-refractivity contribution < 1.29 is 14.5 Å². The van der Waals surface area contributed by atoms with E-state index < -0.39 is 22.2 Å². The fourth-order valence-electron chi connectivity index (χ4n) is 1.80. The monoisotopic (exact) mass is 266 g/mol. The molecule has 0 atom stereocenters. The van der Waals surface area contributed by atoms with Gasteiger partial charge in [0.25, 0.3) is 5.69 Å². The molecule has 0 heterocycles. The molecule has 0 amide bonds. The highest BCUT2D eigenvalue weighted by Gasteiger charge is 2.36. The van der Waals surface area contributed by atoms with Gasteiger partial charge in [-0.25, -0.2) is 0 Å². The molecule has 0 fully saturated rings. The van der Waals surface area contributed by atoms with Crippen LogP contribution in [-0.2, 0) is 0 Å². The van der Waals surface area contributed by atoms with Crippen molar-refractivity contribution in [1.29, 1.82) is 0 Å². The summed E-state index contributed by atoms with van der Waals surface area (Å²) in [5, 5.41) is 13.1. The van der Waals surface area contributed by atoms with Crippen LogP contribution in [0.5, 0.6) is 0 Å². The molecule has 0 spiro atoms. The topological polar surface area (TPSA) is 89.3 Å². The van der Waals surface area contributed by atoms with Crippen LogP contribution in [0.1, 0.15) is 20.7 Å². The summed E-state index contributed by atoms with van der Waals surface area (Å²) in [7, 11) is 1.45. The highest BCUT2D eigenvalue weighted by atomic mass is 35.5. The number of fused-ring (bicyclic) bond motifs is 1. The Labute approximate surface area is 106 Å². The lowest BCUT2D eigenvalue weighted by Crippen LogP contribution is -2.27. The Kier molecular flexibility index (Phi) is 2.88. The van der Waals surface area contributed by atoms with Crippen molar-refractivity contribution in [3.63, 3.8) is 0 Å². The van der Waals surface area contributed by atoms with E-state index in [0.29, 0.717) is 0 Å². The summed E-state index contributed by atoms with van der Waals surface area (Å²) in [5.74, 6) is -1.25. The molecule has 0 aliphatic heterocycles. The van der Waals surface area contributed by atoms with E-state index in [0.717, 1.165) is 0 Å². The van der Waals surface area contributed by atoms with Crippen LogP contribution in [-0.4, -0.2) is 23.5 Å². The number of allylic oxidation sites excluding steroid dienone is 2. The van der Waals surface area contributed by atoms with Gasteiger partial charge >= 0.3 is 0 Å². The van der Waals surface area contributed by atoms with Gasteiger partial charge in [-0.2, -0.15) is 0 Å². The maximum atomic E-state index is 12.0. The highest BCUT2D eigenvalue weighted by molar-refractivity contribution is 6.50. The van der Waals surface area contributed by atoms with Crippen molar-refractivity contribution >= 4 is 28.9 Å². The molecule has 1 aliphatic rings. The molecule has 1 aromatic rings. The molecule has 2 rings (SSSR count). The molecule has 0 radical (unpaired) electrons. The number of nitrogens with one attached hydrogen (secondary N) is 1. The number of hydrogen-bond donors (Lipinski definition) is 1. The summed E-state index contributed by atoms with van der Waals surface area (Å²) in [6.45, 7) is 0. The molecule has 1 N–H and O–H groups in total. The molecule has 1 aromatic carbocycles. The van der Waals surface area contributed by atoms with Crippen LogP contribution in [0.15, 0.2) is 28.9 Å². The quantitative estimate of drug-likeness (QED) is 0.649. The van der Waals surface area contributed by atoms with Crippen molar-refractivity contribution in [3.8, 4) is 0 Å². The Morgan fingerprint density at radius 1 is 1.28 bits per heavy atom. The SMILES string of the molecule is CNC1=C(Cl)C(=O)c2c(cccc2[N+](=O)[O-])C1=O. The summed E-state index contributed by atoms with van der Waals surface area (Å²) in [6.07, 6.45) is 0. The first-order chi connectivity index (χ1) is 8.49. The van der Waals surface area contributed by atoms with Gasteiger partial charge in [-0.15, -0.1) is 0 Å². The smallest absolute Gasteiger partial charge is 0.281 e. The zero-order valence-corrected chi connectivity index (χ0v) is 9.95. The van der Waals surface area contributed by atoms with Crippen molar-refractivity contribution in [3.05, 3.63) is 50.2 Å². The van der Waals surface area contributed by atoms with Gasteiger partial charge in [0.1, 0.15) is 16.3 Å². The van der Waals surface area contributed by atoms with Crippen LogP contribution in [0.3, 0.4) is 0 Å². The maximum absolute atomic E-state index is 12.0. The van der Waals surface area contributed by atoms with E-state index in [1.165, 1.54) is 25.2 Å². The first-order valence-electron chi connectivity index (χ1n) is 4.93. The van der Waals surface area contributed by atoms with Crippen LogP contribution in [0.4, 0.5) is 5.69 Å². The summed E-state index contributed by atoms with van der Waals surface area (Å²) in [6, 6.07) is 3.89. The Bertz CT molecular complexity index is 621. The number of carbonyl (C=O) groups excluding carboxylic acids is 2. The molecule has 0 bridgehead atoms. The first kappa shape index (κ1) is 12.3. The average molecular weight is 267 g/mol. The second-order valence-electron chi connectivity index (χ2n) is 3.55. The Morgan fingerprint density at radius 2 is 1.94 bits per heavy atom. The Balaban J connectivity index is 2.77. The molecular formula is C11H7ClN2O4. The van der Waals surface area contributed by atoms with Crippen molar-refractivity contribution in [2.75, 3.05) is 7.05 Å². The van der Waals surface area contributed by atoms with Crippen LogP contribution < -0.4 is 5.32 Å². The minimum Gasteiger partial charge on any atom is -0.384 e. The number of hydrogen-bond acceptors (Lipinski definition) is 5. The number of rotatable bonds is 2. The third-order valence-corrected chi connectivity index (χ3v) is 2.97. The second-order valence-corrected chi connectivity index (χ2v) is 3.93. The summed E-state index contributed by atoms with van der Waals surface area (Å²) >= 11 is 5.76. The molecule has 92 valence electrons. The number of nitro benzene ring substituents is 1. The summed E-state index contributed by atoms with van der Waals surface area (Å²) < 4.78 is 0. The number of ketones is 2. The van der Waals surface area contributed by atoms with Crippen LogP contribution >= 0.6 is 11.6 Å². The number of nitrogens with zero attached hydrogens (tertiary/aromatic N) is 1. The molecule has 7 heteroatoms. The van der Waals surface area contributed by atoms with Gasteiger partial charge in [0.05, 0.1) is 4.92 Å². The van der Waals surface area contributed by atoms with Gasteiger partial charge in [0.2, 0.25) is 11.6 Å². The van der Waals surface area contributed by atoms with E-state index in [1.807, 2.05) is 0 Å². The fraction of sp³-hybridized carbons (Fsp3) is 0.0909. The number of benzene rings is 1. The van der Waals surface area contributed by atoms with E-state index in [1.54, 1.807) is 0 Å². The molecule has 0 unspecified atom stereocenters. The minimum atomic E-state index is -0.720. The van der Waals surface area contributed by atoms with Gasteiger partial charge in [-0.3, -0.25) is 19.7 Å². The lowest BCUT2D eigenvalue weighted by atomic mass is 9.91. The normalized spacial score (nSPS) is 14.6. The molecular weight excluding hydrogens is 260 g/mol. The Morgan fingerprint density at radius 3 is 2.50 bits per heavy atom. The zero-order chi connectivity index (χ0) is 13.4. The van der Waals surface area contributed by atoms with Gasteiger partial charge in [-0.1, -0.05) is 17.7 Å². The first-order valence-corrected chi connectivity index (χ1v) is 5.31. The number of carbonyl (C=O) groups is 2. The molecule has 6 nitrogen and oxygen atoms in total. The number of nitro groups is 1. The van der Waals surface area contributed by atoms with Crippen molar-refractivity contribution in [2.24, 2.45) is 0 Å². The fourth-order valence-corrected chi connectivity index (χ4v) is 2.08.